The number of hydrogen-bond donors (Lipinski definition) is 1. The third-order valence-electron chi connectivity index (χ3n) is 7.19. The van der Waals surface area contributed by atoms with Gasteiger partial charge in [-0.1, -0.05) is 78.9 Å². The lowest BCUT2D eigenvalue weighted by atomic mass is 9.75. The van der Waals surface area contributed by atoms with Crippen molar-refractivity contribution in [1.82, 2.24) is 4.37 Å². The molecule has 0 unspecified atom stereocenters. The molecule has 1 atom stereocenters. The van der Waals surface area contributed by atoms with Crippen molar-refractivity contribution in [1.29, 1.82) is 0 Å². The minimum absolute atomic E-state index is 0.370. The number of aryl methyl sites for hydroxylation is 1. The minimum atomic E-state index is -0.514. The molecule has 5 rings (SSSR count). The molecule has 1 amide bonds. The molecule has 0 aliphatic carbocycles. The zero-order valence-electron chi connectivity index (χ0n) is 21.5. The average Bonchev–Trinajstić information content (AvgIpc) is 3.33. The zero-order chi connectivity index (χ0) is 26.5. The van der Waals surface area contributed by atoms with Crippen LogP contribution in [0.25, 0.3) is 21.6 Å². The van der Waals surface area contributed by atoms with Crippen LogP contribution in [-0.2, 0) is 19.7 Å². The van der Waals surface area contributed by atoms with Crippen LogP contribution < -0.4 is 5.32 Å². The Bertz CT molecular complexity index is 1390. The molecule has 0 bridgehead atoms. The van der Waals surface area contributed by atoms with E-state index in [1.54, 1.807) is 0 Å². The Morgan fingerprint density at radius 3 is 2.21 bits per heavy atom. The first-order chi connectivity index (χ1) is 18.5. The van der Waals surface area contributed by atoms with Gasteiger partial charge in [0.15, 0.2) is 0 Å². The van der Waals surface area contributed by atoms with Crippen LogP contribution in [-0.4, -0.2) is 30.0 Å². The van der Waals surface area contributed by atoms with E-state index in [0.717, 1.165) is 44.7 Å². The number of nitrogens with one attached hydrogen (secondary N) is 1. The molecule has 6 nitrogen and oxygen atoms in total. The maximum Gasteiger partial charge on any atom is 0.412 e. The first-order valence-corrected chi connectivity index (χ1v) is 13.5. The molecular formula is C31H30N2O4S. The van der Waals surface area contributed by atoms with Gasteiger partial charge >= 0.3 is 6.09 Å². The molecule has 1 fully saturated rings. The van der Waals surface area contributed by atoms with Crippen molar-refractivity contribution >= 4 is 29.6 Å². The molecular weight excluding hydrogens is 496 g/mol. The predicted octanol–water partition coefficient (Wildman–Crippen LogP) is 7.34. The maximum atomic E-state index is 12.7. The number of aldehydes is 1. The molecule has 4 aromatic rings. The van der Waals surface area contributed by atoms with E-state index in [9.17, 15) is 9.59 Å². The second kappa shape index (κ2) is 11.3. The summed E-state index contributed by atoms with van der Waals surface area (Å²) >= 11 is 1.34. The maximum absolute atomic E-state index is 12.7. The summed E-state index contributed by atoms with van der Waals surface area (Å²) in [5.74, 6) is 0. The first kappa shape index (κ1) is 25.8. The Hall–Kier alpha value is -3.81. The van der Waals surface area contributed by atoms with Crippen LogP contribution in [0, 0.1) is 6.92 Å². The number of anilines is 1. The van der Waals surface area contributed by atoms with Crippen molar-refractivity contribution in [3.8, 4) is 21.6 Å². The van der Waals surface area contributed by atoms with E-state index < -0.39 is 11.5 Å². The van der Waals surface area contributed by atoms with Crippen molar-refractivity contribution in [3.05, 3.63) is 95.7 Å². The van der Waals surface area contributed by atoms with Crippen LogP contribution in [0.3, 0.4) is 0 Å². The van der Waals surface area contributed by atoms with E-state index in [2.05, 4.69) is 46.1 Å². The average molecular weight is 527 g/mol. The van der Waals surface area contributed by atoms with Crippen LogP contribution >= 0.6 is 11.5 Å². The summed E-state index contributed by atoms with van der Waals surface area (Å²) in [6, 6.07) is 26.1. The van der Waals surface area contributed by atoms with Crippen molar-refractivity contribution in [3.63, 3.8) is 0 Å². The number of rotatable bonds is 7. The van der Waals surface area contributed by atoms with Crippen molar-refractivity contribution in [2.24, 2.45) is 0 Å². The second-order valence-electron chi connectivity index (χ2n) is 9.60. The highest BCUT2D eigenvalue weighted by atomic mass is 32.1. The normalized spacial score (nSPS) is 15.4. The van der Waals surface area contributed by atoms with Gasteiger partial charge in [-0.15, -0.1) is 0 Å². The van der Waals surface area contributed by atoms with Crippen molar-refractivity contribution in [2.45, 2.75) is 38.2 Å². The molecule has 7 heteroatoms. The Morgan fingerprint density at radius 2 is 1.58 bits per heavy atom. The van der Waals surface area contributed by atoms with Crippen molar-refractivity contribution in [2.75, 3.05) is 18.5 Å². The number of aromatic nitrogens is 1. The van der Waals surface area contributed by atoms with E-state index in [4.69, 9.17) is 9.47 Å². The van der Waals surface area contributed by atoms with Gasteiger partial charge in [-0.25, -0.2) is 4.79 Å². The van der Waals surface area contributed by atoms with Gasteiger partial charge in [0.05, 0.1) is 21.7 Å². The Labute approximate surface area is 226 Å². The lowest BCUT2D eigenvalue weighted by Crippen LogP contribution is -2.35. The fourth-order valence-electron chi connectivity index (χ4n) is 4.82. The molecule has 0 spiro atoms. The number of hydrogen-bond acceptors (Lipinski definition) is 6. The summed E-state index contributed by atoms with van der Waals surface area (Å²) in [5.41, 5.74) is 6.03. The van der Waals surface area contributed by atoms with Crippen LogP contribution in [0.1, 0.15) is 42.7 Å². The van der Waals surface area contributed by atoms with Crippen LogP contribution in [0.4, 0.5) is 10.5 Å². The number of ether oxygens (including phenoxy) is 2. The zero-order valence-corrected chi connectivity index (χ0v) is 22.3. The van der Waals surface area contributed by atoms with E-state index in [1.807, 2.05) is 56.3 Å². The van der Waals surface area contributed by atoms with Crippen LogP contribution in [0.5, 0.6) is 0 Å². The van der Waals surface area contributed by atoms with Crippen molar-refractivity contribution < 1.29 is 19.1 Å². The Kier molecular flexibility index (Phi) is 7.67. The lowest BCUT2D eigenvalue weighted by molar-refractivity contribution is -0.115. The molecule has 194 valence electrons. The van der Waals surface area contributed by atoms with Gasteiger partial charge in [0.2, 0.25) is 0 Å². The summed E-state index contributed by atoms with van der Waals surface area (Å²) < 4.78 is 15.5. The van der Waals surface area contributed by atoms with Gasteiger partial charge < -0.3 is 14.3 Å². The SMILES string of the molecule is Cc1nsc(-c2ccc(-c3ccc(C4(C=O)CCOCC4)cc3)cc2)c1NC(=O)O[C@H](C)c1ccccc1. The van der Waals surface area contributed by atoms with E-state index in [1.165, 1.54) is 11.5 Å². The summed E-state index contributed by atoms with van der Waals surface area (Å²) in [6.07, 6.45) is 1.63. The molecule has 3 aromatic carbocycles. The summed E-state index contributed by atoms with van der Waals surface area (Å²) in [5, 5.41) is 2.90. The van der Waals surface area contributed by atoms with Crippen LogP contribution in [0.15, 0.2) is 78.9 Å². The first-order valence-electron chi connectivity index (χ1n) is 12.7. The molecule has 38 heavy (non-hydrogen) atoms. The smallest absolute Gasteiger partial charge is 0.412 e. The molecule has 1 N–H and O–H groups in total. The number of nitrogens with zero attached hydrogens (tertiary/aromatic N) is 1. The minimum Gasteiger partial charge on any atom is -0.441 e. The fraction of sp³-hybridized carbons (Fsp3) is 0.258. The summed E-state index contributed by atoms with van der Waals surface area (Å²) in [7, 11) is 0. The third-order valence-corrected chi connectivity index (χ3v) is 8.18. The highest BCUT2D eigenvalue weighted by molar-refractivity contribution is 7.10. The molecule has 2 heterocycles. The quantitative estimate of drug-likeness (QED) is 0.255. The monoisotopic (exact) mass is 526 g/mol. The Balaban J connectivity index is 1.30. The largest absolute Gasteiger partial charge is 0.441 e. The number of amides is 1. The highest BCUT2D eigenvalue weighted by Crippen LogP contribution is 2.37. The molecule has 1 aliphatic rings. The number of carbonyl (C=O) groups is 2. The second-order valence-corrected chi connectivity index (χ2v) is 10.4. The molecule has 0 radical (unpaired) electrons. The topological polar surface area (TPSA) is 77.5 Å². The summed E-state index contributed by atoms with van der Waals surface area (Å²) in [4.78, 5) is 25.5. The van der Waals surface area contributed by atoms with E-state index in [0.29, 0.717) is 31.7 Å². The third kappa shape index (κ3) is 5.39. The number of benzene rings is 3. The molecule has 1 saturated heterocycles. The van der Waals surface area contributed by atoms with Gasteiger partial charge in [-0.3, -0.25) is 5.32 Å². The van der Waals surface area contributed by atoms with Crippen LogP contribution in [0.2, 0.25) is 0 Å². The van der Waals surface area contributed by atoms with Gasteiger partial charge in [-0.05, 0) is 66.0 Å². The molecule has 0 saturated carbocycles. The van der Waals surface area contributed by atoms with E-state index >= 15 is 0 Å². The molecule has 1 aliphatic heterocycles. The fourth-order valence-corrected chi connectivity index (χ4v) is 5.67. The Morgan fingerprint density at radius 1 is 0.974 bits per heavy atom. The van der Waals surface area contributed by atoms with Gasteiger partial charge in [0.25, 0.3) is 0 Å². The molecule has 1 aromatic heterocycles. The van der Waals surface area contributed by atoms with E-state index in [-0.39, 0.29) is 6.10 Å². The summed E-state index contributed by atoms with van der Waals surface area (Å²) in [6.45, 7) is 4.94. The predicted molar refractivity (Wildman–Crippen MR) is 150 cm³/mol. The standard InChI is InChI=1S/C31H30N2O4S/c1-21-28(32-30(35)37-22(2)23-6-4-3-5-7-23)29(38-33-21)26-10-8-24(9-11-26)25-12-14-27(15-13-25)31(20-34)16-18-36-19-17-31/h3-15,20,22H,16-19H2,1-2H3,(H,32,35)/t22-/m1/s1. The lowest BCUT2D eigenvalue weighted by Gasteiger charge is -2.32. The van der Waals surface area contributed by atoms with Gasteiger partial charge in [0.1, 0.15) is 12.4 Å². The van der Waals surface area contributed by atoms with Gasteiger partial charge in [-0.2, -0.15) is 4.37 Å². The highest BCUT2D eigenvalue weighted by Gasteiger charge is 2.34. The van der Waals surface area contributed by atoms with Gasteiger partial charge in [0, 0.05) is 13.2 Å². The number of carbonyl (C=O) groups excluding carboxylic acids is 2.